The van der Waals surface area contributed by atoms with Crippen LogP contribution in [0.2, 0.25) is 0 Å². The highest BCUT2D eigenvalue weighted by Crippen LogP contribution is 2.42. The number of hydrogen-bond donors (Lipinski definition) is 2. The number of benzene rings is 2. The number of nitrogens with one attached hydrogen (secondary N) is 2. The van der Waals surface area contributed by atoms with Gasteiger partial charge in [-0.15, -0.1) is 0 Å². The largest absolute Gasteiger partial charge is 0.326 e. The van der Waals surface area contributed by atoms with Crippen LogP contribution in [-0.2, 0) is 14.4 Å². The summed E-state index contributed by atoms with van der Waals surface area (Å²) in [4.78, 5) is 50.9. The minimum absolute atomic E-state index is 0.0253. The second-order valence-electron chi connectivity index (χ2n) is 8.48. The van der Waals surface area contributed by atoms with Crippen LogP contribution in [0.15, 0.2) is 60.2 Å². The number of amides is 4. The lowest BCUT2D eigenvalue weighted by Gasteiger charge is -2.25. The highest BCUT2D eigenvalue weighted by Gasteiger charge is 2.51. The van der Waals surface area contributed by atoms with Gasteiger partial charge in [0.25, 0.3) is 5.91 Å². The third-order valence-electron chi connectivity index (χ3n) is 5.98. The Balaban J connectivity index is 1.46. The summed E-state index contributed by atoms with van der Waals surface area (Å²) in [7, 11) is 0. The van der Waals surface area contributed by atoms with E-state index in [4.69, 9.17) is 0 Å². The van der Waals surface area contributed by atoms with E-state index in [1.165, 1.54) is 11.8 Å². The van der Waals surface area contributed by atoms with Crippen molar-refractivity contribution < 1.29 is 19.2 Å². The lowest BCUT2D eigenvalue weighted by Crippen LogP contribution is -2.31. The molecule has 3 atom stereocenters. The van der Waals surface area contributed by atoms with Crippen LogP contribution in [0.1, 0.15) is 37.6 Å². The molecule has 0 radical (unpaired) electrons. The van der Waals surface area contributed by atoms with Gasteiger partial charge in [-0.1, -0.05) is 18.6 Å². The fraction of sp³-hybridized carbons (Fsp3) is 0.280. The Kier molecular flexibility index (Phi) is 5.65. The molecule has 7 heteroatoms. The summed E-state index contributed by atoms with van der Waals surface area (Å²) in [5.74, 6) is -1.44. The van der Waals surface area contributed by atoms with Crippen LogP contribution >= 0.6 is 0 Å². The van der Waals surface area contributed by atoms with Crippen molar-refractivity contribution in [2.24, 2.45) is 17.8 Å². The van der Waals surface area contributed by atoms with Crippen LogP contribution in [0.4, 0.5) is 17.1 Å². The molecular weight excluding hydrogens is 406 g/mol. The molecule has 1 fully saturated rings. The smallest absolute Gasteiger partial charge is 0.255 e. The van der Waals surface area contributed by atoms with Crippen LogP contribution in [0.3, 0.4) is 0 Å². The molecule has 164 valence electrons. The van der Waals surface area contributed by atoms with Gasteiger partial charge in [-0.2, -0.15) is 0 Å². The number of allylic oxidation sites excluding steroid dienone is 2. The highest BCUT2D eigenvalue weighted by atomic mass is 16.2. The lowest BCUT2D eigenvalue weighted by atomic mass is 9.76. The summed E-state index contributed by atoms with van der Waals surface area (Å²) >= 11 is 0. The van der Waals surface area contributed by atoms with E-state index in [0.29, 0.717) is 29.0 Å². The van der Waals surface area contributed by atoms with Crippen molar-refractivity contribution >= 4 is 40.7 Å². The maximum absolute atomic E-state index is 13.0. The van der Waals surface area contributed by atoms with Crippen molar-refractivity contribution in [3.63, 3.8) is 0 Å². The van der Waals surface area contributed by atoms with E-state index in [0.717, 1.165) is 5.57 Å². The van der Waals surface area contributed by atoms with E-state index in [1.54, 1.807) is 48.5 Å². The normalized spacial score (nSPS) is 22.3. The number of carbonyl (C=O) groups excluding carboxylic acids is 4. The summed E-state index contributed by atoms with van der Waals surface area (Å²) < 4.78 is 0. The summed E-state index contributed by atoms with van der Waals surface area (Å²) in [6.07, 6.45) is 2.68. The maximum Gasteiger partial charge on any atom is 0.255 e. The number of carbonyl (C=O) groups is 4. The van der Waals surface area contributed by atoms with Crippen molar-refractivity contribution in [3.8, 4) is 0 Å². The van der Waals surface area contributed by atoms with Gasteiger partial charge in [0.2, 0.25) is 17.7 Å². The molecule has 0 spiro atoms. The molecule has 0 bridgehead atoms. The highest BCUT2D eigenvalue weighted by molar-refractivity contribution is 6.22. The zero-order valence-electron chi connectivity index (χ0n) is 18.2. The van der Waals surface area contributed by atoms with Crippen LogP contribution in [0.25, 0.3) is 0 Å². The van der Waals surface area contributed by atoms with Gasteiger partial charge in [-0.3, -0.25) is 24.1 Å². The summed E-state index contributed by atoms with van der Waals surface area (Å²) in [6.45, 7) is 5.40. The summed E-state index contributed by atoms with van der Waals surface area (Å²) in [5.41, 5.74) is 3.25. The standard InChI is InChI=1S/C25H25N3O4/c1-14-12-15(2)22-21(13-14)24(31)28(25(22)32)20-10-4-17(5-11-20)23(30)27-19-8-6-18(7-9-19)26-16(3)29/h4-12,15,21-22H,13H2,1-3H3,(H,26,29)(H,27,30)/t15-,21+,22-/m1/s1. The van der Waals surface area contributed by atoms with Crippen molar-refractivity contribution in [1.82, 2.24) is 0 Å². The van der Waals surface area contributed by atoms with Gasteiger partial charge < -0.3 is 10.6 Å². The van der Waals surface area contributed by atoms with E-state index in [9.17, 15) is 19.2 Å². The number of anilines is 3. The molecule has 0 saturated carbocycles. The van der Waals surface area contributed by atoms with Gasteiger partial charge in [0.05, 0.1) is 17.5 Å². The Morgan fingerprint density at radius 3 is 2.09 bits per heavy atom. The monoisotopic (exact) mass is 431 g/mol. The Labute approximate surface area is 186 Å². The first-order valence-electron chi connectivity index (χ1n) is 10.6. The summed E-state index contributed by atoms with van der Waals surface area (Å²) in [5, 5.41) is 5.46. The molecule has 2 aromatic rings. The molecule has 1 aliphatic carbocycles. The average molecular weight is 431 g/mol. The SMILES string of the molecule is CC(=O)Nc1ccc(NC(=O)c2ccc(N3C(=O)[C@@H]4[C@H](C)C=C(C)C[C@@H]4C3=O)cc2)cc1. The molecule has 2 aliphatic rings. The zero-order chi connectivity index (χ0) is 23.0. The van der Waals surface area contributed by atoms with Gasteiger partial charge in [-0.05, 0) is 67.8 Å². The molecule has 4 rings (SSSR count). The molecular formula is C25H25N3O4. The number of hydrogen-bond acceptors (Lipinski definition) is 4. The minimum atomic E-state index is -0.324. The van der Waals surface area contributed by atoms with Crippen molar-refractivity contribution in [2.45, 2.75) is 27.2 Å². The van der Waals surface area contributed by atoms with Gasteiger partial charge in [-0.25, -0.2) is 0 Å². The fourth-order valence-electron chi connectivity index (χ4n) is 4.58. The van der Waals surface area contributed by atoms with Gasteiger partial charge in [0, 0.05) is 23.9 Å². The van der Waals surface area contributed by atoms with E-state index >= 15 is 0 Å². The molecule has 32 heavy (non-hydrogen) atoms. The Hall–Kier alpha value is -3.74. The molecule has 0 aromatic heterocycles. The van der Waals surface area contributed by atoms with Crippen molar-refractivity contribution in [3.05, 3.63) is 65.7 Å². The predicted molar refractivity (Wildman–Crippen MR) is 122 cm³/mol. The van der Waals surface area contributed by atoms with E-state index in [-0.39, 0.29) is 41.4 Å². The second kappa shape index (κ2) is 8.42. The number of imide groups is 1. The van der Waals surface area contributed by atoms with E-state index < -0.39 is 0 Å². The maximum atomic E-state index is 13.0. The van der Waals surface area contributed by atoms with Gasteiger partial charge in [0.15, 0.2) is 0 Å². The first kappa shape index (κ1) is 21.5. The third kappa shape index (κ3) is 4.06. The Morgan fingerprint density at radius 2 is 1.50 bits per heavy atom. The molecule has 2 aromatic carbocycles. The molecule has 0 unspecified atom stereocenters. The van der Waals surface area contributed by atoms with Crippen molar-refractivity contribution in [1.29, 1.82) is 0 Å². The van der Waals surface area contributed by atoms with E-state index in [2.05, 4.69) is 16.7 Å². The van der Waals surface area contributed by atoms with Crippen LogP contribution in [-0.4, -0.2) is 23.6 Å². The van der Waals surface area contributed by atoms with Crippen LogP contribution in [0, 0.1) is 17.8 Å². The first-order chi connectivity index (χ1) is 15.2. The molecule has 2 N–H and O–H groups in total. The predicted octanol–water partition coefficient (Wildman–Crippen LogP) is 3.99. The number of nitrogens with zero attached hydrogens (tertiary/aromatic N) is 1. The minimum Gasteiger partial charge on any atom is -0.326 e. The second-order valence-corrected chi connectivity index (χ2v) is 8.48. The molecule has 1 saturated heterocycles. The lowest BCUT2D eigenvalue weighted by molar-refractivity contribution is -0.122. The van der Waals surface area contributed by atoms with E-state index in [1.807, 2.05) is 13.8 Å². The van der Waals surface area contributed by atoms with Crippen LogP contribution < -0.4 is 15.5 Å². The first-order valence-corrected chi connectivity index (χ1v) is 10.6. The molecule has 4 amide bonds. The molecule has 7 nitrogen and oxygen atoms in total. The number of fused-ring (bicyclic) bond motifs is 1. The molecule has 1 heterocycles. The quantitative estimate of drug-likeness (QED) is 0.565. The summed E-state index contributed by atoms with van der Waals surface area (Å²) in [6, 6.07) is 13.2. The van der Waals surface area contributed by atoms with Crippen molar-refractivity contribution in [2.75, 3.05) is 15.5 Å². The Bertz CT molecular complexity index is 1120. The Morgan fingerprint density at radius 1 is 0.906 bits per heavy atom. The van der Waals surface area contributed by atoms with Gasteiger partial charge in [0.1, 0.15) is 0 Å². The number of rotatable bonds is 4. The average Bonchev–Trinajstić information content (AvgIpc) is 2.99. The van der Waals surface area contributed by atoms with Crippen LogP contribution in [0.5, 0.6) is 0 Å². The van der Waals surface area contributed by atoms with Gasteiger partial charge >= 0.3 is 0 Å². The topological polar surface area (TPSA) is 95.6 Å². The fourth-order valence-corrected chi connectivity index (χ4v) is 4.58. The third-order valence-corrected chi connectivity index (χ3v) is 5.98. The zero-order valence-corrected chi connectivity index (χ0v) is 18.2. The molecule has 1 aliphatic heterocycles.